The van der Waals surface area contributed by atoms with Crippen molar-refractivity contribution in [2.45, 2.75) is 72.1 Å². The van der Waals surface area contributed by atoms with Crippen LogP contribution in [0.3, 0.4) is 0 Å². The van der Waals surface area contributed by atoms with E-state index in [2.05, 4.69) is 54.3 Å². The van der Waals surface area contributed by atoms with Gasteiger partial charge in [-0.05, 0) is 69.2 Å². The predicted octanol–water partition coefficient (Wildman–Crippen LogP) is 5.22. The smallest absolute Gasteiger partial charge is 0.225 e. The Bertz CT molecular complexity index is 888. The summed E-state index contributed by atoms with van der Waals surface area (Å²) in [5, 5.41) is 9.06. The normalized spacial score (nSPS) is 16.4. The van der Waals surface area contributed by atoms with E-state index in [1.165, 1.54) is 5.56 Å². The molecule has 1 N–H and O–H groups in total. The SMILES string of the molecule is CN=C(NOCN(C)CCCCOc1ccc([C@@H](C)CCC(C)C(=O)N2CCC(C#N)CC2)cc1)C(C)C. The number of carbonyl (C=O) groups is 1. The summed E-state index contributed by atoms with van der Waals surface area (Å²) in [7, 11) is 3.80. The van der Waals surface area contributed by atoms with Gasteiger partial charge in [0.1, 0.15) is 18.3 Å². The molecule has 1 aromatic rings. The molecule has 0 saturated carbocycles. The fraction of sp³-hybridized carbons (Fsp3) is 0.700. The van der Waals surface area contributed by atoms with Gasteiger partial charge in [-0.3, -0.25) is 25.0 Å². The molecule has 1 aromatic carbocycles. The van der Waals surface area contributed by atoms with E-state index in [0.717, 1.165) is 69.7 Å². The number of hydroxylamine groups is 1. The van der Waals surface area contributed by atoms with Crippen LogP contribution in [0.25, 0.3) is 0 Å². The Labute approximate surface area is 230 Å². The van der Waals surface area contributed by atoms with Crippen LogP contribution in [0.15, 0.2) is 29.3 Å². The van der Waals surface area contributed by atoms with Crippen LogP contribution < -0.4 is 10.2 Å². The van der Waals surface area contributed by atoms with Gasteiger partial charge in [0.25, 0.3) is 0 Å². The van der Waals surface area contributed by atoms with Crippen LogP contribution in [0.5, 0.6) is 5.75 Å². The molecule has 212 valence electrons. The number of aliphatic imine (C=N–C) groups is 1. The fourth-order valence-electron chi connectivity index (χ4n) is 4.60. The predicted molar refractivity (Wildman–Crippen MR) is 153 cm³/mol. The molecule has 1 unspecified atom stereocenters. The highest BCUT2D eigenvalue weighted by atomic mass is 16.7. The molecule has 38 heavy (non-hydrogen) atoms. The highest BCUT2D eigenvalue weighted by molar-refractivity contribution is 5.82. The Kier molecular flexibility index (Phi) is 14.2. The van der Waals surface area contributed by atoms with Gasteiger partial charge in [0, 0.05) is 44.4 Å². The highest BCUT2D eigenvalue weighted by Crippen LogP contribution is 2.26. The van der Waals surface area contributed by atoms with Crippen molar-refractivity contribution in [3.05, 3.63) is 29.8 Å². The topological polar surface area (TPSA) is 90.2 Å². The van der Waals surface area contributed by atoms with E-state index in [9.17, 15) is 4.79 Å². The number of hydrogen-bond donors (Lipinski definition) is 1. The molecule has 0 radical (unpaired) electrons. The van der Waals surface area contributed by atoms with Gasteiger partial charge in [-0.2, -0.15) is 5.26 Å². The van der Waals surface area contributed by atoms with E-state index < -0.39 is 0 Å². The van der Waals surface area contributed by atoms with Crippen LogP contribution in [0, 0.1) is 29.1 Å². The lowest BCUT2D eigenvalue weighted by molar-refractivity contribution is -0.136. The minimum absolute atomic E-state index is 0.0169. The number of nitriles is 1. The van der Waals surface area contributed by atoms with E-state index in [1.807, 2.05) is 31.0 Å². The molecule has 1 heterocycles. The van der Waals surface area contributed by atoms with Gasteiger partial charge in [0.05, 0.1) is 12.7 Å². The van der Waals surface area contributed by atoms with Gasteiger partial charge in [-0.25, -0.2) is 0 Å². The van der Waals surface area contributed by atoms with Crippen molar-refractivity contribution in [3.8, 4) is 11.8 Å². The van der Waals surface area contributed by atoms with Crippen LogP contribution >= 0.6 is 0 Å². The Morgan fingerprint density at radius 3 is 2.45 bits per heavy atom. The standard InChI is InChI=1S/C30H49N5O3/c1-23(2)29(32-5)33-38-22-34(6)17-7-8-20-37-28-13-11-27(12-14-28)24(3)9-10-25(4)30(36)35-18-15-26(21-31)16-19-35/h11-14,23-26H,7-10,15-20,22H2,1-6H3,(H,32,33)/t24-,25?/m0/s1. The lowest BCUT2D eigenvalue weighted by Gasteiger charge is -2.31. The molecular formula is C30H49N5O3. The summed E-state index contributed by atoms with van der Waals surface area (Å²) in [6.45, 7) is 12.0. The maximum Gasteiger partial charge on any atom is 0.225 e. The number of likely N-dealkylation sites (tertiary alicyclic amines) is 1. The molecule has 0 spiro atoms. The van der Waals surface area contributed by atoms with Gasteiger partial charge in [0.2, 0.25) is 5.91 Å². The first-order valence-electron chi connectivity index (χ1n) is 14.2. The third kappa shape index (κ3) is 11.0. The summed E-state index contributed by atoms with van der Waals surface area (Å²) in [6.07, 6.45) is 5.45. The van der Waals surface area contributed by atoms with E-state index in [0.29, 0.717) is 25.2 Å². The first kappa shape index (κ1) is 31.6. The van der Waals surface area contributed by atoms with Crippen LogP contribution in [0.1, 0.15) is 77.7 Å². The van der Waals surface area contributed by atoms with Crippen molar-refractivity contribution < 1.29 is 14.4 Å². The number of nitrogens with zero attached hydrogens (tertiary/aromatic N) is 4. The van der Waals surface area contributed by atoms with Crippen molar-refractivity contribution in [3.63, 3.8) is 0 Å². The summed E-state index contributed by atoms with van der Waals surface area (Å²) >= 11 is 0. The molecule has 2 rings (SSSR count). The maximum atomic E-state index is 12.8. The second-order valence-corrected chi connectivity index (χ2v) is 11.0. The number of unbranched alkanes of at least 4 members (excludes halogenated alkanes) is 1. The monoisotopic (exact) mass is 527 g/mol. The molecule has 1 saturated heterocycles. The van der Waals surface area contributed by atoms with Crippen molar-refractivity contribution >= 4 is 11.7 Å². The number of amidine groups is 1. The Morgan fingerprint density at radius 2 is 1.84 bits per heavy atom. The minimum Gasteiger partial charge on any atom is -0.494 e. The fourth-order valence-corrected chi connectivity index (χ4v) is 4.60. The second-order valence-electron chi connectivity index (χ2n) is 11.0. The average Bonchev–Trinajstić information content (AvgIpc) is 2.93. The highest BCUT2D eigenvalue weighted by Gasteiger charge is 2.26. The Hall–Kier alpha value is -2.63. The second kappa shape index (κ2) is 17.1. The molecule has 1 amide bonds. The number of amides is 1. The number of rotatable bonds is 15. The van der Waals surface area contributed by atoms with E-state index >= 15 is 0 Å². The zero-order valence-electron chi connectivity index (χ0n) is 24.4. The largest absolute Gasteiger partial charge is 0.494 e. The third-order valence-corrected chi connectivity index (χ3v) is 7.34. The maximum absolute atomic E-state index is 12.8. The first-order valence-corrected chi connectivity index (χ1v) is 14.2. The molecule has 8 heteroatoms. The molecule has 0 aromatic heterocycles. The van der Waals surface area contributed by atoms with Crippen molar-refractivity contribution in [1.29, 1.82) is 5.26 Å². The summed E-state index contributed by atoms with van der Waals surface area (Å²) < 4.78 is 5.94. The van der Waals surface area contributed by atoms with E-state index in [1.54, 1.807) is 7.05 Å². The quantitative estimate of drug-likeness (QED) is 0.111. The van der Waals surface area contributed by atoms with Gasteiger partial charge >= 0.3 is 0 Å². The van der Waals surface area contributed by atoms with Gasteiger partial charge < -0.3 is 9.64 Å². The first-order chi connectivity index (χ1) is 18.2. The molecule has 1 aliphatic heterocycles. The number of carbonyl (C=O) groups excluding carboxylic acids is 1. The number of piperidine rings is 1. The minimum atomic E-state index is 0.0169. The van der Waals surface area contributed by atoms with Crippen LogP contribution in [-0.4, -0.2) is 68.6 Å². The van der Waals surface area contributed by atoms with Crippen molar-refractivity contribution in [2.75, 3.05) is 47.1 Å². The summed E-state index contributed by atoms with van der Waals surface area (Å²) in [5.74, 6) is 2.80. The van der Waals surface area contributed by atoms with Crippen LogP contribution in [0.4, 0.5) is 0 Å². The zero-order chi connectivity index (χ0) is 27.9. The summed E-state index contributed by atoms with van der Waals surface area (Å²) in [6, 6.07) is 10.7. The van der Waals surface area contributed by atoms with E-state index in [4.69, 9.17) is 14.8 Å². The molecule has 8 nitrogen and oxygen atoms in total. The molecule has 1 aliphatic rings. The number of hydrogen-bond acceptors (Lipinski definition) is 6. The van der Waals surface area contributed by atoms with Crippen molar-refractivity contribution in [1.82, 2.24) is 15.3 Å². The molecule has 1 fully saturated rings. The van der Waals surface area contributed by atoms with Gasteiger partial charge in [-0.15, -0.1) is 0 Å². The lowest BCUT2D eigenvalue weighted by atomic mass is 9.91. The molecule has 2 atom stereocenters. The average molecular weight is 528 g/mol. The molecule has 0 bridgehead atoms. The summed E-state index contributed by atoms with van der Waals surface area (Å²) in [5.41, 5.74) is 4.20. The van der Waals surface area contributed by atoms with Crippen LogP contribution in [-0.2, 0) is 9.63 Å². The van der Waals surface area contributed by atoms with Gasteiger partial charge in [0.15, 0.2) is 0 Å². The molecule has 0 aliphatic carbocycles. The van der Waals surface area contributed by atoms with Crippen LogP contribution in [0.2, 0.25) is 0 Å². The lowest BCUT2D eigenvalue weighted by Crippen LogP contribution is -2.41. The van der Waals surface area contributed by atoms with Crippen molar-refractivity contribution in [2.24, 2.45) is 22.7 Å². The summed E-state index contributed by atoms with van der Waals surface area (Å²) in [4.78, 5) is 26.6. The number of ether oxygens (including phenoxy) is 1. The zero-order valence-corrected chi connectivity index (χ0v) is 24.4. The Balaban J connectivity index is 1.60. The number of nitrogens with one attached hydrogen (secondary N) is 1. The third-order valence-electron chi connectivity index (χ3n) is 7.34. The number of benzene rings is 1. The van der Waals surface area contributed by atoms with E-state index in [-0.39, 0.29) is 17.7 Å². The van der Waals surface area contributed by atoms with Gasteiger partial charge in [-0.1, -0.05) is 39.8 Å². The molecular weight excluding hydrogens is 478 g/mol. The Morgan fingerprint density at radius 1 is 1.16 bits per heavy atom.